The molecule has 1 fully saturated rings. The molecule has 0 radical (unpaired) electrons. The van der Waals surface area contributed by atoms with Gasteiger partial charge in [-0.25, -0.2) is 26.3 Å². The highest BCUT2D eigenvalue weighted by molar-refractivity contribution is 7.89. The first-order chi connectivity index (χ1) is 8.81. The van der Waals surface area contributed by atoms with Gasteiger partial charge in [0.2, 0.25) is 10.0 Å². The lowest BCUT2D eigenvalue weighted by molar-refractivity contribution is 0.0453. The predicted molar refractivity (Wildman–Crippen MR) is 60.2 cm³/mol. The van der Waals surface area contributed by atoms with E-state index < -0.39 is 38.5 Å². The van der Waals surface area contributed by atoms with E-state index in [0.29, 0.717) is 25.0 Å². The van der Waals surface area contributed by atoms with Crippen molar-refractivity contribution in [1.29, 1.82) is 0 Å². The topological polar surface area (TPSA) is 66.4 Å². The van der Waals surface area contributed by atoms with Crippen molar-refractivity contribution in [3.05, 3.63) is 29.6 Å². The fourth-order valence-electron chi connectivity index (χ4n) is 1.89. The molecule has 0 heterocycles. The van der Waals surface area contributed by atoms with Gasteiger partial charge in [-0.05, 0) is 30.9 Å². The van der Waals surface area contributed by atoms with Crippen LogP contribution in [-0.2, 0) is 10.0 Å². The molecule has 0 amide bonds. The van der Waals surface area contributed by atoms with Gasteiger partial charge in [0.25, 0.3) is 0 Å². The molecule has 0 bridgehead atoms. The van der Waals surface area contributed by atoms with Crippen molar-refractivity contribution >= 4 is 10.0 Å². The van der Waals surface area contributed by atoms with Gasteiger partial charge in [-0.1, -0.05) is 0 Å². The maximum absolute atomic E-state index is 13.4. The van der Waals surface area contributed by atoms with E-state index >= 15 is 0 Å². The summed E-state index contributed by atoms with van der Waals surface area (Å²) in [5.41, 5.74) is 0. The highest BCUT2D eigenvalue weighted by atomic mass is 32.2. The smallest absolute Gasteiger partial charge is 0.243 e. The van der Waals surface area contributed by atoms with E-state index in [1.807, 2.05) is 0 Å². The van der Waals surface area contributed by atoms with Gasteiger partial charge in [-0.15, -0.1) is 0 Å². The number of benzene rings is 1. The van der Waals surface area contributed by atoms with Gasteiger partial charge in [-0.2, -0.15) is 0 Å². The number of hydrogen-bond donors (Lipinski definition) is 2. The molecule has 1 aromatic rings. The highest BCUT2D eigenvalue weighted by Gasteiger charge is 2.30. The Hall–Kier alpha value is -1.12. The first kappa shape index (κ1) is 14.3. The molecule has 2 N–H and O–H groups in total. The second-order valence-electron chi connectivity index (χ2n) is 4.52. The van der Waals surface area contributed by atoms with Crippen LogP contribution >= 0.6 is 0 Å². The van der Waals surface area contributed by atoms with Crippen LogP contribution in [-0.4, -0.2) is 26.2 Å². The molecule has 2 rings (SSSR count). The Balaban J connectivity index is 2.13. The van der Waals surface area contributed by atoms with Gasteiger partial charge in [0.15, 0.2) is 17.5 Å². The van der Waals surface area contributed by atoms with Crippen molar-refractivity contribution in [3.63, 3.8) is 0 Å². The maximum Gasteiger partial charge on any atom is 0.243 e. The minimum atomic E-state index is -4.23. The average molecular weight is 295 g/mol. The summed E-state index contributed by atoms with van der Waals surface area (Å²) in [4.78, 5) is -0.925. The summed E-state index contributed by atoms with van der Waals surface area (Å²) >= 11 is 0. The molecular weight excluding hydrogens is 283 g/mol. The third-order valence-electron chi connectivity index (χ3n) is 3.06. The molecule has 1 aliphatic rings. The number of sulfonamides is 1. The Kier molecular flexibility index (Phi) is 3.84. The lowest BCUT2D eigenvalue weighted by atomic mass is 9.83. The summed E-state index contributed by atoms with van der Waals surface area (Å²) in [5, 5.41) is 9.05. The first-order valence-electron chi connectivity index (χ1n) is 5.62. The minimum absolute atomic E-state index is 0.0256. The second-order valence-corrected chi connectivity index (χ2v) is 6.25. The first-order valence-corrected chi connectivity index (χ1v) is 7.11. The van der Waals surface area contributed by atoms with Crippen LogP contribution in [0.5, 0.6) is 0 Å². The standard InChI is InChI=1S/C11H12F3NO3S/c12-8-1-2-9(11(14)10(8)13)19(17,18)15-5-6-3-7(16)4-6/h1-2,6-7,15-16H,3-5H2. The molecule has 0 spiro atoms. The lowest BCUT2D eigenvalue weighted by Gasteiger charge is -2.31. The van der Waals surface area contributed by atoms with E-state index in [1.54, 1.807) is 0 Å². The normalized spacial score (nSPS) is 23.2. The molecule has 0 atom stereocenters. The van der Waals surface area contributed by atoms with Crippen LogP contribution < -0.4 is 4.72 Å². The van der Waals surface area contributed by atoms with E-state index in [4.69, 9.17) is 5.11 Å². The zero-order valence-corrected chi connectivity index (χ0v) is 10.6. The highest BCUT2D eigenvalue weighted by Crippen LogP contribution is 2.27. The Labute approximate surface area is 108 Å². The monoisotopic (exact) mass is 295 g/mol. The van der Waals surface area contributed by atoms with Crippen molar-refractivity contribution in [2.24, 2.45) is 5.92 Å². The maximum atomic E-state index is 13.4. The van der Waals surface area contributed by atoms with Crippen molar-refractivity contribution < 1.29 is 26.7 Å². The Morgan fingerprint density at radius 1 is 1.21 bits per heavy atom. The number of hydrogen-bond acceptors (Lipinski definition) is 3. The average Bonchev–Trinajstić information content (AvgIpc) is 2.30. The number of halogens is 3. The lowest BCUT2D eigenvalue weighted by Crippen LogP contribution is -2.38. The van der Waals surface area contributed by atoms with Crippen LogP contribution in [0.25, 0.3) is 0 Å². The van der Waals surface area contributed by atoms with E-state index in [0.717, 1.165) is 0 Å². The van der Waals surface area contributed by atoms with Crippen molar-refractivity contribution in [1.82, 2.24) is 4.72 Å². The van der Waals surface area contributed by atoms with Crippen LogP contribution in [0.15, 0.2) is 17.0 Å². The van der Waals surface area contributed by atoms with Gasteiger partial charge in [0, 0.05) is 6.54 Å². The quantitative estimate of drug-likeness (QED) is 0.819. The van der Waals surface area contributed by atoms with Crippen LogP contribution in [0.4, 0.5) is 13.2 Å². The third-order valence-corrected chi connectivity index (χ3v) is 4.50. The third kappa shape index (κ3) is 2.90. The van der Waals surface area contributed by atoms with Gasteiger partial charge >= 0.3 is 0 Å². The zero-order chi connectivity index (χ0) is 14.2. The number of nitrogens with one attached hydrogen (secondary N) is 1. The summed E-state index contributed by atoms with van der Waals surface area (Å²) < 4.78 is 64.6. The van der Waals surface area contributed by atoms with E-state index in [1.165, 1.54) is 0 Å². The Morgan fingerprint density at radius 2 is 1.84 bits per heavy atom. The number of rotatable bonds is 4. The van der Waals surface area contributed by atoms with Gasteiger partial charge < -0.3 is 5.11 Å². The predicted octanol–water partition coefficient (Wildman–Crippen LogP) is 1.15. The molecule has 1 aliphatic carbocycles. The molecule has 0 aromatic heterocycles. The summed E-state index contributed by atoms with van der Waals surface area (Å²) in [7, 11) is -4.23. The molecule has 1 aromatic carbocycles. The molecular formula is C11H12F3NO3S. The SMILES string of the molecule is O=S(=O)(NCC1CC(O)C1)c1ccc(F)c(F)c1F. The Bertz CT molecular complexity index is 585. The molecule has 19 heavy (non-hydrogen) atoms. The minimum Gasteiger partial charge on any atom is -0.393 e. The molecule has 8 heteroatoms. The Morgan fingerprint density at radius 3 is 2.42 bits per heavy atom. The van der Waals surface area contributed by atoms with E-state index in [-0.39, 0.29) is 12.5 Å². The van der Waals surface area contributed by atoms with Gasteiger partial charge in [0.1, 0.15) is 4.90 Å². The second kappa shape index (κ2) is 5.10. The summed E-state index contributed by atoms with van der Waals surface area (Å²) in [5.74, 6) is -5.03. The molecule has 0 aliphatic heterocycles. The largest absolute Gasteiger partial charge is 0.393 e. The van der Waals surface area contributed by atoms with Crippen LogP contribution in [0.2, 0.25) is 0 Å². The van der Waals surface area contributed by atoms with Crippen molar-refractivity contribution in [3.8, 4) is 0 Å². The fraction of sp³-hybridized carbons (Fsp3) is 0.455. The molecule has 4 nitrogen and oxygen atoms in total. The van der Waals surface area contributed by atoms with Crippen LogP contribution in [0, 0.1) is 23.4 Å². The zero-order valence-electron chi connectivity index (χ0n) is 9.74. The molecule has 0 saturated heterocycles. The number of aliphatic hydroxyl groups is 1. The van der Waals surface area contributed by atoms with Gasteiger partial charge in [-0.3, -0.25) is 0 Å². The summed E-state index contributed by atoms with van der Waals surface area (Å²) in [6, 6.07) is 1.23. The van der Waals surface area contributed by atoms with Crippen molar-refractivity contribution in [2.45, 2.75) is 23.8 Å². The molecule has 0 unspecified atom stereocenters. The van der Waals surface area contributed by atoms with E-state index in [2.05, 4.69) is 4.72 Å². The summed E-state index contributed by atoms with van der Waals surface area (Å²) in [6.07, 6.45) is 0.487. The van der Waals surface area contributed by atoms with Crippen molar-refractivity contribution in [2.75, 3.05) is 6.54 Å². The number of aliphatic hydroxyl groups excluding tert-OH is 1. The summed E-state index contributed by atoms with van der Waals surface area (Å²) in [6.45, 7) is 0.0256. The van der Waals surface area contributed by atoms with Gasteiger partial charge in [0.05, 0.1) is 6.10 Å². The van der Waals surface area contributed by atoms with E-state index in [9.17, 15) is 21.6 Å². The molecule has 106 valence electrons. The molecule has 1 saturated carbocycles. The fourth-order valence-corrected chi connectivity index (χ4v) is 3.07. The van der Waals surface area contributed by atoms with Crippen LogP contribution in [0.1, 0.15) is 12.8 Å². The van der Waals surface area contributed by atoms with Crippen LogP contribution in [0.3, 0.4) is 0 Å².